The van der Waals surface area contributed by atoms with Crippen molar-refractivity contribution in [3.05, 3.63) is 83.7 Å². The second-order valence-electron chi connectivity index (χ2n) is 6.83. The first-order valence-electron chi connectivity index (χ1n) is 9.99. The molecule has 1 heterocycles. The Morgan fingerprint density at radius 1 is 0.875 bits per heavy atom. The van der Waals surface area contributed by atoms with Gasteiger partial charge in [0.05, 0.1) is 21.3 Å². The third-order valence-electron chi connectivity index (χ3n) is 4.64. The normalized spacial score (nSPS) is 10.6. The summed E-state index contributed by atoms with van der Waals surface area (Å²) in [5, 5.41) is 2.86. The largest absolute Gasteiger partial charge is 0.497 e. The molecule has 0 radical (unpaired) electrons. The molecule has 0 fully saturated rings. The van der Waals surface area contributed by atoms with Crippen molar-refractivity contribution in [2.24, 2.45) is 0 Å². The molecule has 0 aliphatic carbocycles. The fourth-order valence-corrected chi connectivity index (χ4v) is 2.93. The number of carbonyl (C=O) groups is 1. The molecule has 0 spiro atoms. The monoisotopic (exact) mass is 434 g/mol. The van der Waals surface area contributed by atoms with Crippen molar-refractivity contribution in [1.29, 1.82) is 0 Å². The summed E-state index contributed by atoms with van der Waals surface area (Å²) in [5.74, 6) is 2.32. The summed E-state index contributed by atoms with van der Waals surface area (Å²) in [5.41, 5.74) is 2.70. The molecule has 0 atom stereocenters. The van der Waals surface area contributed by atoms with E-state index in [0.29, 0.717) is 36.1 Å². The van der Waals surface area contributed by atoms with Crippen LogP contribution in [-0.4, -0.2) is 32.2 Å². The molecule has 1 amide bonds. The second kappa shape index (κ2) is 11.4. The molecular formula is C25H26N2O5. The predicted molar refractivity (Wildman–Crippen MR) is 122 cm³/mol. The summed E-state index contributed by atoms with van der Waals surface area (Å²) in [6, 6.07) is 14.8. The van der Waals surface area contributed by atoms with Crippen molar-refractivity contribution < 1.29 is 23.7 Å². The van der Waals surface area contributed by atoms with Crippen LogP contribution in [0.3, 0.4) is 0 Å². The van der Waals surface area contributed by atoms with Crippen molar-refractivity contribution in [2.75, 3.05) is 21.3 Å². The van der Waals surface area contributed by atoms with Crippen LogP contribution in [-0.2, 0) is 17.9 Å². The Hall–Kier alpha value is -4.00. The average Bonchev–Trinajstić information content (AvgIpc) is 2.85. The van der Waals surface area contributed by atoms with Crippen LogP contribution in [0.2, 0.25) is 0 Å². The number of hydrogen-bond donors (Lipinski definition) is 1. The maximum Gasteiger partial charge on any atom is 0.244 e. The molecule has 32 heavy (non-hydrogen) atoms. The van der Waals surface area contributed by atoms with Crippen LogP contribution in [0.25, 0.3) is 6.08 Å². The molecule has 2 aromatic carbocycles. The maximum atomic E-state index is 12.3. The van der Waals surface area contributed by atoms with Gasteiger partial charge in [-0.2, -0.15) is 0 Å². The summed E-state index contributed by atoms with van der Waals surface area (Å²) in [4.78, 5) is 16.3. The second-order valence-corrected chi connectivity index (χ2v) is 6.83. The van der Waals surface area contributed by atoms with Crippen molar-refractivity contribution in [2.45, 2.75) is 13.2 Å². The molecule has 3 rings (SSSR count). The molecule has 1 aromatic heterocycles. The van der Waals surface area contributed by atoms with Crippen LogP contribution in [0.5, 0.6) is 23.0 Å². The minimum absolute atomic E-state index is 0.219. The number of pyridine rings is 1. The Balaban J connectivity index is 1.58. The van der Waals surface area contributed by atoms with E-state index < -0.39 is 0 Å². The summed E-state index contributed by atoms with van der Waals surface area (Å²) < 4.78 is 21.8. The minimum atomic E-state index is -0.219. The molecule has 7 heteroatoms. The third-order valence-corrected chi connectivity index (χ3v) is 4.64. The highest BCUT2D eigenvalue weighted by Gasteiger charge is 2.07. The first kappa shape index (κ1) is 22.7. The minimum Gasteiger partial charge on any atom is -0.497 e. The van der Waals surface area contributed by atoms with Crippen LogP contribution in [0.1, 0.15) is 16.7 Å². The molecule has 0 aliphatic heterocycles. The summed E-state index contributed by atoms with van der Waals surface area (Å²) in [6.45, 7) is 0.764. The zero-order valence-corrected chi connectivity index (χ0v) is 18.3. The number of benzene rings is 2. The average molecular weight is 434 g/mol. The molecule has 0 aliphatic rings. The third kappa shape index (κ3) is 6.50. The first-order valence-corrected chi connectivity index (χ1v) is 9.99. The smallest absolute Gasteiger partial charge is 0.244 e. The molecule has 1 N–H and O–H groups in total. The first-order chi connectivity index (χ1) is 15.6. The SMILES string of the molecule is COc1cc(/C=C/C(=O)NCc2ccc(OCc3ccncc3)c(OC)c2)cc(OC)c1. The van der Waals surface area contributed by atoms with E-state index in [4.69, 9.17) is 18.9 Å². The fraction of sp³-hybridized carbons (Fsp3) is 0.200. The van der Waals surface area contributed by atoms with Gasteiger partial charge in [0.2, 0.25) is 5.91 Å². The van der Waals surface area contributed by atoms with E-state index in [1.807, 2.05) is 42.5 Å². The summed E-state index contributed by atoms with van der Waals surface area (Å²) >= 11 is 0. The van der Waals surface area contributed by atoms with E-state index in [-0.39, 0.29) is 5.91 Å². The number of hydrogen-bond acceptors (Lipinski definition) is 6. The van der Waals surface area contributed by atoms with E-state index in [2.05, 4.69) is 10.3 Å². The van der Waals surface area contributed by atoms with Gasteiger partial charge in [-0.3, -0.25) is 9.78 Å². The molecule has 0 saturated carbocycles. The highest BCUT2D eigenvalue weighted by Crippen LogP contribution is 2.29. The van der Waals surface area contributed by atoms with Gasteiger partial charge in [-0.1, -0.05) is 6.07 Å². The zero-order valence-electron chi connectivity index (χ0n) is 18.3. The molecular weight excluding hydrogens is 408 g/mol. The lowest BCUT2D eigenvalue weighted by Gasteiger charge is -2.12. The molecule has 0 bridgehead atoms. The van der Waals surface area contributed by atoms with Crippen molar-refractivity contribution in [3.63, 3.8) is 0 Å². The lowest BCUT2D eigenvalue weighted by atomic mass is 10.1. The number of nitrogens with one attached hydrogen (secondary N) is 1. The summed E-state index contributed by atoms with van der Waals surface area (Å²) in [6.07, 6.45) is 6.62. The number of rotatable bonds is 10. The van der Waals surface area contributed by atoms with E-state index in [0.717, 1.165) is 16.7 Å². The van der Waals surface area contributed by atoms with Crippen LogP contribution in [0.4, 0.5) is 0 Å². The Bertz CT molecular complexity index is 1040. The van der Waals surface area contributed by atoms with Crippen LogP contribution in [0, 0.1) is 0 Å². The highest BCUT2D eigenvalue weighted by molar-refractivity contribution is 5.91. The topological polar surface area (TPSA) is 78.9 Å². The zero-order chi connectivity index (χ0) is 22.8. The Kier molecular flexibility index (Phi) is 8.09. The Morgan fingerprint density at radius 3 is 2.25 bits per heavy atom. The maximum absolute atomic E-state index is 12.3. The number of aromatic nitrogens is 1. The molecule has 0 saturated heterocycles. The predicted octanol–water partition coefficient (Wildman–Crippen LogP) is 4.02. The number of ether oxygens (including phenoxy) is 4. The van der Waals surface area contributed by atoms with E-state index in [9.17, 15) is 4.79 Å². The van der Waals surface area contributed by atoms with Crippen LogP contribution < -0.4 is 24.3 Å². The van der Waals surface area contributed by atoms with Crippen LogP contribution >= 0.6 is 0 Å². The van der Waals surface area contributed by atoms with E-state index in [1.165, 1.54) is 6.08 Å². The highest BCUT2D eigenvalue weighted by atomic mass is 16.5. The van der Waals surface area contributed by atoms with E-state index in [1.54, 1.807) is 45.9 Å². The van der Waals surface area contributed by atoms with Gasteiger partial charge >= 0.3 is 0 Å². The molecule has 0 unspecified atom stereocenters. The fourth-order valence-electron chi connectivity index (χ4n) is 2.93. The quantitative estimate of drug-likeness (QED) is 0.486. The van der Waals surface area contributed by atoms with Crippen molar-refractivity contribution in [1.82, 2.24) is 10.3 Å². The van der Waals surface area contributed by atoms with E-state index >= 15 is 0 Å². The number of methoxy groups -OCH3 is 3. The van der Waals surface area contributed by atoms with Gasteiger partial charge in [0.1, 0.15) is 18.1 Å². The lowest BCUT2D eigenvalue weighted by molar-refractivity contribution is -0.116. The van der Waals surface area contributed by atoms with Gasteiger partial charge in [0.25, 0.3) is 0 Å². The lowest BCUT2D eigenvalue weighted by Crippen LogP contribution is -2.20. The van der Waals surface area contributed by atoms with Gasteiger partial charge in [-0.15, -0.1) is 0 Å². The Labute approximate surface area is 187 Å². The number of carbonyl (C=O) groups excluding carboxylic acids is 1. The van der Waals surface area contributed by atoms with Gasteiger partial charge < -0.3 is 24.3 Å². The van der Waals surface area contributed by atoms with Gasteiger partial charge in [0, 0.05) is 31.1 Å². The standard InChI is InChI=1S/C25H26N2O5/c1-29-21-12-19(13-22(15-21)30-2)5-7-25(28)27-16-20-4-6-23(24(14-20)31-3)32-17-18-8-10-26-11-9-18/h4-15H,16-17H2,1-3H3,(H,27,28)/b7-5+. The van der Waals surface area contributed by atoms with Crippen LogP contribution in [0.15, 0.2) is 67.0 Å². The van der Waals surface area contributed by atoms with Gasteiger partial charge in [-0.25, -0.2) is 0 Å². The molecule has 166 valence electrons. The van der Waals surface area contributed by atoms with Crippen molar-refractivity contribution >= 4 is 12.0 Å². The molecule has 7 nitrogen and oxygen atoms in total. The number of amides is 1. The Morgan fingerprint density at radius 2 is 1.59 bits per heavy atom. The molecule has 3 aromatic rings. The van der Waals surface area contributed by atoms with Gasteiger partial charge in [0.15, 0.2) is 11.5 Å². The van der Waals surface area contributed by atoms with Gasteiger partial charge in [-0.05, 0) is 59.2 Å². The van der Waals surface area contributed by atoms with Crippen molar-refractivity contribution in [3.8, 4) is 23.0 Å². The number of nitrogens with zero attached hydrogens (tertiary/aromatic N) is 1. The summed E-state index contributed by atoms with van der Waals surface area (Å²) in [7, 11) is 4.75.